The van der Waals surface area contributed by atoms with E-state index in [1.165, 1.54) is 0 Å². The monoisotopic (exact) mass is 270 g/mol. The maximum Gasteiger partial charge on any atom is 0.225 e. The molecule has 0 aliphatic carbocycles. The molecule has 0 radical (unpaired) electrons. The van der Waals surface area contributed by atoms with Crippen molar-refractivity contribution in [2.45, 2.75) is 46.6 Å². The Morgan fingerprint density at radius 3 is 2.11 bits per heavy atom. The van der Waals surface area contributed by atoms with Gasteiger partial charge in [-0.3, -0.25) is 9.69 Å². The van der Waals surface area contributed by atoms with Gasteiger partial charge in [0, 0.05) is 38.1 Å². The number of carbonyl (C=O) groups excluding carboxylic acids is 1. The molecule has 3 unspecified atom stereocenters. The minimum Gasteiger partial charge on any atom is -0.395 e. The van der Waals surface area contributed by atoms with Gasteiger partial charge in [0.15, 0.2) is 0 Å². The van der Waals surface area contributed by atoms with Crippen molar-refractivity contribution in [3.8, 4) is 0 Å². The van der Waals surface area contributed by atoms with Crippen molar-refractivity contribution in [3.05, 3.63) is 0 Å². The van der Waals surface area contributed by atoms with E-state index in [0.29, 0.717) is 11.8 Å². The average Bonchev–Trinajstić information content (AvgIpc) is 2.47. The van der Waals surface area contributed by atoms with E-state index in [1.807, 2.05) is 11.8 Å². The molecule has 1 amide bonds. The highest BCUT2D eigenvalue weighted by molar-refractivity contribution is 5.78. The summed E-state index contributed by atoms with van der Waals surface area (Å²) in [6.45, 7) is 12.0. The Balaban J connectivity index is 2.47. The Kier molecular flexibility index (Phi) is 6.80. The van der Waals surface area contributed by atoms with Gasteiger partial charge in [-0.25, -0.2) is 0 Å². The first-order chi connectivity index (χ1) is 9.04. The molecule has 0 saturated carbocycles. The molecule has 112 valence electrons. The number of carbonyl (C=O) groups is 1. The normalized spacial score (nSPS) is 22.1. The predicted molar refractivity (Wildman–Crippen MR) is 77.9 cm³/mol. The SMILES string of the molecule is CCC(C)C(C)C(=O)N1CCN(C(CC)CO)CC1. The summed E-state index contributed by atoms with van der Waals surface area (Å²) in [5.41, 5.74) is 0. The molecular formula is C15H30N2O2. The lowest BCUT2D eigenvalue weighted by Crippen LogP contribution is -2.54. The van der Waals surface area contributed by atoms with Gasteiger partial charge in [0.1, 0.15) is 0 Å². The topological polar surface area (TPSA) is 43.8 Å². The van der Waals surface area contributed by atoms with Gasteiger partial charge in [-0.1, -0.05) is 34.1 Å². The molecule has 1 heterocycles. The molecule has 0 aromatic heterocycles. The van der Waals surface area contributed by atoms with Crippen molar-refractivity contribution in [2.24, 2.45) is 11.8 Å². The highest BCUT2D eigenvalue weighted by atomic mass is 16.3. The number of hydrogen-bond acceptors (Lipinski definition) is 3. The molecular weight excluding hydrogens is 240 g/mol. The smallest absolute Gasteiger partial charge is 0.225 e. The van der Waals surface area contributed by atoms with Crippen LogP contribution in [-0.4, -0.2) is 59.6 Å². The number of piperazine rings is 1. The Labute approximate surface area is 117 Å². The highest BCUT2D eigenvalue weighted by Crippen LogP contribution is 2.19. The molecule has 1 rings (SSSR count). The standard InChI is InChI=1S/C15H30N2O2/c1-5-12(3)13(4)15(19)17-9-7-16(8-10-17)14(6-2)11-18/h12-14,18H,5-11H2,1-4H3. The number of hydrogen-bond donors (Lipinski definition) is 1. The summed E-state index contributed by atoms with van der Waals surface area (Å²) in [4.78, 5) is 16.7. The Bertz CT molecular complexity index is 271. The molecule has 1 N–H and O–H groups in total. The molecule has 4 heteroatoms. The van der Waals surface area contributed by atoms with Gasteiger partial charge in [0.2, 0.25) is 5.91 Å². The molecule has 3 atom stereocenters. The van der Waals surface area contributed by atoms with Crippen LogP contribution in [0.2, 0.25) is 0 Å². The van der Waals surface area contributed by atoms with Crippen LogP contribution in [0.5, 0.6) is 0 Å². The van der Waals surface area contributed by atoms with Gasteiger partial charge in [-0.05, 0) is 12.3 Å². The molecule has 19 heavy (non-hydrogen) atoms. The van der Waals surface area contributed by atoms with E-state index < -0.39 is 0 Å². The van der Waals surface area contributed by atoms with E-state index in [9.17, 15) is 9.90 Å². The summed E-state index contributed by atoms with van der Waals surface area (Å²) in [7, 11) is 0. The van der Waals surface area contributed by atoms with E-state index in [1.54, 1.807) is 0 Å². The number of amides is 1. The van der Waals surface area contributed by atoms with Gasteiger partial charge in [-0.15, -0.1) is 0 Å². The van der Waals surface area contributed by atoms with E-state index in [0.717, 1.165) is 39.0 Å². The molecule has 4 nitrogen and oxygen atoms in total. The van der Waals surface area contributed by atoms with Gasteiger partial charge >= 0.3 is 0 Å². The average molecular weight is 270 g/mol. The van der Waals surface area contributed by atoms with E-state index in [-0.39, 0.29) is 18.6 Å². The number of aliphatic hydroxyl groups excluding tert-OH is 1. The molecule has 1 fully saturated rings. The lowest BCUT2D eigenvalue weighted by Gasteiger charge is -2.39. The van der Waals surface area contributed by atoms with Crippen molar-refractivity contribution < 1.29 is 9.90 Å². The second kappa shape index (κ2) is 7.85. The molecule has 1 saturated heterocycles. The van der Waals surface area contributed by atoms with Crippen LogP contribution in [0.15, 0.2) is 0 Å². The first kappa shape index (κ1) is 16.4. The molecule has 1 aliphatic heterocycles. The van der Waals surface area contributed by atoms with E-state index in [2.05, 4.69) is 25.7 Å². The quantitative estimate of drug-likeness (QED) is 0.797. The fourth-order valence-corrected chi connectivity index (χ4v) is 2.70. The van der Waals surface area contributed by atoms with Crippen LogP contribution < -0.4 is 0 Å². The minimum atomic E-state index is 0.122. The molecule has 0 spiro atoms. The van der Waals surface area contributed by atoms with Gasteiger partial charge in [-0.2, -0.15) is 0 Å². The largest absolute Gasteiger partial charge is 0.395 e. The van der Waals surface area contributed by atoms with Gasteiger partial charge in [0.25, 0.3) is 0 Å². The molecule has 0 aromatic carbocycles. The van der Waals surface area contributed by atoms with Crippen molar-refractivity contribution in [1.29, 1.82) is 0 Å². The van der Waals surface area contributed by atoms with Gasteiger partial charge in [0.05, 0.1) is 6.61 Å². The zero-order valence-electron chi connectivity index (χ0n) is 12.9. The first-order valence-corrected chi connectivity index (χ1v) is 7.68. The van der Waals surface area contributed by atoms with Gasteiger partial charge < -0.3 is 10.0 Å². The number of aliphatic hydroxyl groups is 1. The predicted octanol–water partition coefficient (Wildman–Crippen LogP) is 1.58. The lowest BCUT2D eigenvalue weighted by molar-refractivity contribution is -0.138. The van der Waals surface area contributed by atoms with Crippen molar-refractivity contribution in [2.75, 3.05) is 32.8 Å². The minimum absolute atomic E-state index is 0.122. The van der Waals surface area contributed by atoms with E-state index in [4.69, 9.17) is 0 Å². The maximum absolute atomic E-state index is 12.4. The molecule has 0 aromatic rings. The summed E-state index contributed by atoms with van der Waals surface area (Å²) < 4.78 is 0. The summed E-state index contributed by atoms with van der Waals surface area (Å²) in [5, 5.41) is 9.32. The molecule has 1 aliphatic rings. The zero-order valence-corrected chi connectivity index (χ0v) is 12.9. The van der Waals surface area contributed by atoms with Crippen LogP contribution in [0.4, 0.5) is 0 Å². The highest BCUT2D eigenvalue weighted by Gasteiger charge is 2.28. The second-order valence-electron chi connectivity index (χ2n) is 5.78. The van der Waals surface area contributed by atoms with Crippen molar-refractivity contribution in [3.63, 3.8) is 0 Å². The van der Waals surface area contributed by atoms with E-state index >= 15 is 0 Å². The van der Waals surface area contributed by atoms with Crippen molar-refractivity contribution >= 4 is 5.91 Å². The summed E-state index contributed by atoms with van der Waals surface area (Å²) in [6, 6.07) is 0.254. The number of rotatable bonds is 6. The fraction of sp³-hybridized carbons (Fsp3) is 0.933. The van der Waals surface area contributed by atoms with Crippen LogP contribution in [-0.2, 0) is 4.79 Å². The summed E-state index contributed by atoms with van der Waals surface area (Å²) in [6.07, 6.45) is 2.02. The Morgan fingerprint density at radius 1 is 1.11 bits per heavy atom. The third-order valence-electron chi connectivity index (χ3n) is 4.71. The summed E-state index contributed by atoms with van der Waals surface area (Å²) in [5.74, 6) is 0.869. The first-order valence-electron chi connectivity index (χ1n) is 7.68. The van der Waals surface area contributed by atoms with Crippen LogP contribution in [0.1, 0.15) is 40.5 Å². The van der Waals surface area contributed by atoms with Crippen LogP contribution in [0, 0.1) is 11.8 Å². The van der Waals surface area contributed by atoms with Crippen molar-refractivity contribution in [1.82, 2.24) is 9.80 Å². The maximum atomic E-state index is 12.4. The Morgan fingerprint density at radius 2 is 1.68 bits per heavy atom. The fourth-order valence-electron chi connectivity index (χ4n) is 2.70. The Hall–Kier alpha value is -0.610. The summed E-state index contributed by atoms with van der Waals surface area (Å²) >= 11 is 0. The zero-order chi connectivity index (χ0) is 14.4. The lowest BCUT2D eigenvalue weighted by atomic mass is 9.92. The third-order valence-corrected chi connectivity index (χ3v) is 4.71. The van der Waals surface area contributed by atoms with Crippen LogP contribution in [0.3, 0.4) is 0 Å². The van der Waals surface area contributed by atoms with Crippen LogP contribution >= 0.6 is 0 Å². The molecule has 0 bridgehead atoms. The van der Waals surface area contributed by atoms with Crippen LogP contribution in [0.25, 0.3) is 0 Å². The second-order valence-corrected chi connectivity index (χ2v) is 5.78. The third kappa shape index (κ3) is 4.18. The number of nitrogens with zero attached hydrogens (tertiary/aromatic N) is 2.